The number of carbonyl (C=O) groups is 1. The second-order valence-electron chi connectivity index (χ2n) is 10.8. The molecule has 1 N–H and O–H groups in total. The molecule has 6 nitrogen and oxygen atoms in total. The van der Waals surface area contributed by atoms with Crippen LogP contribution in [0.1, 0.15) is 40.7 Å². The minimum Gasteiger partial charge on any atom is -0.502 e. The number of pyridine rings is 1. The van der Waals surface area contributed by atoms with Crippen molar-refractivity contribution in [1.29, 1.82) is 0 Å². The molecule has 2 aliphatic rings. The molecule has 1 aromatic heterocycles. The summed E-state index contributed by atoms with van der Waals surface area (Å²) in [6.45, 7) is 3.35. The molecule has 0 saturated carbocycles. The highest BCUT2D eigenvalue weighted by atomic mass is 16.5. The number of phenolic OH excluding ortho intramolecular Hbond substituents is 1. The number of phenols is 1. The number of hydrogen-bond acceptors (Lipinski definition) is 5. The van der Waals surface area contributed by atoms with Crippen LogP contribution in [-0.2, 0) is 19.7 Å². The highest BCUT2D eigenvalue weighted by molar-refractivity contribution is 6.02. The zero-order chi connectivity index (χ0) is 26.8. The second kappa shape index (κ2) is 11.1. The summed E-state index contributed by atoms with van der Waals surface area (Å²) >= 11 is 0. The Morgan fingerprint density at radius 1 is 0.974 bits per heavy atom. The SMILES string of the molecule is COc1cc2c(cc1OC[n+]1cccc3cccc(O)c31)C(=O)C(CC1CCN(Cc3ccccc3)CC1)C2. The van der Waals surface area contributed by atoms with Gasteiger partial charge in [0.1, 0.15) is 0 Å². The van der Waals surface area contributed by atoms with E-state index < -0.39 is 0 Å². The van der Waals surface area contributed by atoms with Crippen molar-refractivity contribution in [3.8, 4) is 17.2 Å². The molecular weight excluding hydrogens is 488 g/mol. The van der Waals surface area contributed by atoms with E-state index in [-0.39, 0.29) is 24.2 Å². The van der Waals surface area contributed by atoms with E-state index in [1.807, 2.05) is 47.2 Å². The third-order valence-electron chi connectivity index (χ3n) is 8.30. The van der Waals surface area contributed by atoms with Crippen LogP contribution in [0.3, 0.4) is 0 Å². The minimum atomic E-state index is 0.0232. The van der Waals surface area contributed by atoms with E-state index in [0.29, 0.717) is 22.9 Å². The molecule has 200 valence electrons. The summed E-state index contributed by atoms with van der Waals surface area (Å²) in [5.74, 6) is 2.19. The number of aromatic nitrogens is 1. The predicted molar refractivity (Wildman–Crippen MR) is 150 cm³/mol. The lowest BCUT2D eigenvalue weighted by atomic mass is 9.85. The van der Waals surface area contributed by atoms with Crippen molar-refractivity contribution >= 4 is 16.7 Å². The zero-order valence-electron chi connectivity index (χ0n) is 22.4. The molecule has 0 bridgehead atoms. The van der Waals surface area contributed by atoms with Crippen molar-refractivity contribution in [2.45, 2.75) is 39.0 Å². The first-order valence-corrected chi connectivity index (χ1v) is 13.8. The van der Waals surface area contributed by atoms with Gasteiger partial charge in [-0.1, -0.05) is 36.4 Å². The summed E-state index contributed by atoms with van der Waals surface area (Å²) in [5.41, 5.74) is 3.86. The lowest BCUT2D eigenvalue weighted by Crippen LogP contribution is -2.37. The Bertz CT molecular complexity index is 1470. The Morgan fingerprint density at radius 2 is 1.77 bits per heavy atom. The van der Waals surface area contributed by atoms with Crippen molar-refractivity contribution in [3.63, 3.8) is 0 Å². The molecule has 6 rings (SSSR count). The van der Waals surface area contributed by atoms with E-state index in [9.17, 15) is 9.90 Å². The average molecular weight is 524 g/mol. The van der Waals surface area contributed by atoms with Gasteiger partial charge in [-0.05, 0) is 86.1 Å². The van der Waals surface area contributed by atoms with E-state index in [2.05, 4.69) is 35.2 Å². The van der Waals surface area contributed by atoms with Gasteiger partial charge in [-0.25, -0.2) is 0 Å². The molecule has 0 radical (unpaired) electrons. The third-order valence-corrected chi connectivity index (χ3v) is 8.30. The highest BCUT2D eigenvalue weighted by Crippen LogP contribution is 2.40. The predicted octanol–water partition coefficient (Wildman–Crippen LogP) is 5.54. The van der Waals surface area contributed by atoms with E-state index in [1.54, 1.807) is 13.2 Å². The molecular formula is C33H35N2O4+. The van der Waals surface area contributed by atoms with E-state index in [0.717, 1.165) is 61.8 Å². The first kappa shape index (κ1) is 25.4. The molecule has 6 heteroatoms. The van der Waals surface area contributed by atoms with E-state index >= 15 is 0 Å². The maximum atomic E-state index is 13.5. The molecule has 1 aliphatic heterocycles. The Hall–Kier alpha value is -3.90. The Kier molecular flexibility index (Phi) is 7.20. The second-order valence-corrected chi connectivity index (χ2v) is 10.8. The normalized spacial score (nSPS) is 17.9. The number of para-hydroxylation sites is 1. The summed E-state index contributed by atoms with van der Waals surface area (Å²) < 4.78 is 13.7. The van der Waals surface area contributed by atoms with Crippen LogP contribution in [0.4, 0.5) is 0 Å². The lowest BCUT2D eigenvalue weighted by molar-refractivity contribution is -0.700. The van der Waals surface area contributed by atoms with Crippen molar-refractivity contribution in [3.05, 3.63) is 95.7 Å². The first-order chi connectivity index (χ1) is 19.1. The maximum absolute atomic E-state index is 13.5. The lowest BCUT2D eigenvalue weighted by Gasteiger charge is -2.32. The number of ether oxygens (including phenoxy) is 2. The van der Waals surface area contributed by atoms with Gasteiger partial charge in [-0.15, -0.1) is 0 Å². The number of Topliss-reactive ketones (excluding diaryl/α,β-unsaturated/α-hetero) is 1. The van der Waals surface area contributed by atoms with Gasteiger partial charge in [-0.3, -0.25) is 9.69 Å². The van der Waals surface area contributed by atoms with Crippen LogP contribution >= 0.6 is 0 Å². The number of aromatic hydroxyl groups is 1. The van der Waals surface area contributed by atoms with Gasteiger partial charge in [0.15, 0.2) is 29.2 Å². The molecule has 1 saturated heterocycles. The van der Waals surface area contributed by atoms with Crippen molar-refractivity contribution in [1.82, 2.24) is 4.90 Å². The summed E-state index contributed by atoms with van der Waals surface area (Å²) in [7, 11) is 1.63. The number of nitrogens with zero attached hydrogens (tertiary/aromatic N) is 2. The Balaban J connectivity index is 1.11. The molecule has 1 fully saturated rings. The summed E-state index contributed by atoms with van der Waals surface area (Å²) in [6, 6.07) is 23.8. The number of carbonyl (C=O) groups excluding carboxylic acids is 1. The van der Waals surface area contributed by atoms with Crippen LogP contribution in [0.15, 0.2) is 79.0 Å². The molecule has 4 aromatic rings. The number of piperidine rings is 1. The molecule has 3 aromatic carbocycles. The Morgan fingerprint density at radius 3 is 2.56 bits per heavy atom. The van der Waals surface area contributed by atoms with Crippen LogP contribution in [-0.4, -0.2) is 36.0 Å². The number of likely N-dealkylation sites (tertiary alicyclic amines) is 1. The fraction of sp³-hybridized carbons (Fsp3) is 0.333. The molecule has 2 heterocycles. The molecule has 1 unspecified atom stereocenters. The van der Waals surface area contributed by atoms with Gasteiger partial charge in [0.05, 0.1) is 12.5 Å². The van der Waals surface area contributed by atoms with Gasteiger partial charge < -0.3 is 14.6 Å². The van der Waals surface area contributed by atoms with Crippen LogP contribution in [0.2, 0.25) is 0 Å². The van der Waals surface area contributed by atoms with Crippen molar-refractivity contribution < 1.29 is 23.9 Å². The summed E-state index contributed by atoms with van der Waals surface area (Å²) in [6.07, 6.45) is 5.85. The van der Waals surface area contributed by atoms with Gasteiger partial charge >= 0.3 is 0 Å². The number of ketones is 1. The monoisotopic (exact) mass is 523 g/mol. The standard InChI is InChI=1S/C33H34N2O4/c1-38-30-19-26-18-27(17-23-12-15-34(16-13-23)21-24-7-3-2-4-8-24)33(37)28(26)20-31(30)39-22-35-14-6-10-25-9-5-11-29(36)32(25)35/h2-11,14,19-20,23,27H,12-13,15-18,21-22H2,1H3/p+1. The van der Waals surface area contributed by atoms with Crippen LogP contribution in [0.5, 0.6) is 17.2 Å². The smallest absolute Gasteiger partial charge is 0.292 e. The molecule has 39 heavy (non-hydrogen) atoms. The highest BCUT2D eigenvalue weighted by Gasteiger charge is 2.34. The van der Waals surface area contributed by atoms with Crippen LogP contribution in [0, 0.1) is 11.8 Å². The van der Waals surface area contributed by atoms with E-state index in [1.165, 1.54) is 5.56 Å². The topological polar surface area (TPSA) is 62.9 Å². The number of benzene rings is 3. The quantitative estimate of drug-likeness (QED) is 0.308. The number of fused-ring (bicyclic) bond motifs is 2. The molecule has 0 spiro atoms. The average Bonchev–Trinajstić information content (AvgIpc) is 3.26. The minimum absolute atomic E-state index is 0.0232. The fourth-order valence-corrected chi connectivity index (χ4v) is 6.23. The number of rotatable bonds is 8. The van der Waals surface area contributed by atoms with Crippen molar-refractivity contribution in [2.75, 3.05) is 20.2 Å². The summed E-state index contributed by atoms with van der Waals surface area (Å²) in [4.78, 5) is 16.0. The Labute approximate surface area is 229 Å². The van der Waals surface area contributed by atoms with E-state index in [4.69, 9.17) is 9.47 Å². The maximum Gasteiger partial charge on any atom is 0.292 e. The molecule has 0 amide bonds. The van der Waals surface area contributed by atoms with Gasteiger partial charge in [0.2, 0.25) is 0 Å². The first-order valence-electron chi connectivity index (χ1n) is 13.8. The fourth-order valence-electron chi connectivity index (χ4n) is 6.23. The van der Waals surface area contributed by atoms with Crippen LogP contribution in [0.25, 0.3) is 10.9 Å². The largest absolute Gasteiger partial charge is 0.502 e. The zero-order valence-corrected chi connectivity index (χ0v) is 22.4. The third kappa shape index (κ3) is 5.34. The number of methoxy groups -OCH3 is 1. The van der Waals surface area contributed by atoms with Crippen molar-refractivity contribution in [2.24, 2.45) is 11.8 Å². The molecule has 1 aliphatic carbocycles. The molecule has 1 atom stereocenters. The number of hydrogen-bond donors (Lipinski definition) is 1. The van der Waals surface area contributed by atoms with Crippen LogP contribution < -0.4 is 14.0 Å². The summed E-state index contributed by atoms with van der Waals surface area (Å²) in [5, 5.41) is 11.3. The van der Waals surface area contributed by atoms with Gasteiger partial charge in [-0.2, -0.15) is 4.57 Å². The van der Waals surface area contributed by atoms with Gasteiger partial charge in [0.25, 0.3) is 12.2 Å². The van der Waals surface area contributed by atoms with Gasteiger partial charge in [0, 0.05) is 24.1 Å².